The molecular weight excluding hydrogens is 302 g/mol. The maximum Gasteiger partial charge on any atom is 0.191 e. The maximum absolute atomic E-state index is 5.35. The van der Waals surface area contributed by atoms with Crippen LogP contribution in [-0.4, -0.2) is 49.2 Å². The van der Waals surface area contributed by atoms with Gasteiger partial charge in [0.15, 0.2) is 11.7 Å². The predicted octanol–water partition coefficient (Wildman–Crippen LogP) is 2.83. The van der Waals surface area contributed by atoms with Gasteiger partial charge in [-0.3, -0.25) is 0 Å². The van der Waals surface area contributed by atoms with E-state index in [0.717, 1.165) is 36.9 Å². The van der Waals surface area contributed by atoms with Crippen LogP contribution < -0.4 is 10.6 Å². The first-order chi connectivity index (χ1) is 11.3. The molecule has 0 saturated carbocycles. The minimum Gasteiger partial charge on any atom is -0.359 e. The Hall–Kier alpha value is -1.56. The van der Waals surface area contributed by atoms with Gasteiger partial charge in [0, 0.05) is 25.2 Å². The highest BCUT2D eigenvalue weighted by Crippen LogP contribution is 2.14. The molecule has 1 aromatic rings. The van der Waals surface area contributed by atoms with Gasteiger partial charge >= 0.3 is 0 Å². The highest BCUT2D eigenvalue weighted by Gasteiger charge is 2.14. The second kappa shape index (κ2) is 10.3. The lowest BCUT2D eigenvalue weighted by molar-refractivity contribution is 0.254. The lowest BCUT2D eigenvalue weighted by Gasteiger charge is -2.27. The van der Waals surface area contributed by atoms with Gasteiger partial charge in [-0.1, -0.05) is 32.9 Å². The van der Waals surface area contributed by atoms with E-state index in [9.17, 15) is 0 Å². The molecule has 1 aromatic heterocycles. The Morgan fingerprint density at radius 2 is 1.96 bits per heavy atom. The van der Waals surface area contributed by atoms with Crippen LogP contribution in [0.1, 0.15) is 58.4 Å². The fraction of sp³-hybridized carbons (Fsp3) is 0.778. The van der Waals surface area contributed by atoms with Crippen molar-refractivity contribution in [3.8, 4) is 0 Å². The van der Waals surface area contributed by atoms with E-state index in [1.807, 2.05) is 6.07 Å². The van der Waals surface area contributed by atoms with E-state index in [2.05, 4.69) is 74.4 Å². The third-order valence-corrected chi connectivity index (χ3v) is 3.88. The summed E-state index contributed by atoms with van der Waals surface area (Å²) in [5, 5.41) is 10.8. The van der Waals surface area contributed by atoms with Crippen LogP contribution in [0.2, 0.25) is 0 Å². The highest BCUT2D eigenvalue weighted by molar-refractivity contribution is 5.79. The summed E-state index contributed by atoms with van der Waals surface area (Å²) in [5.74, 6) is 2.65. The zero-order valence-electron chi connectivity index (χ0n) is 16.4. The molecule has 138 valence electrons. The molecule has 0 amide bonds. The van der Waals surface area contributed by atoms with E-state index >= 15 is 0 Å². The summed E-state index contributed by atoms with van der Waals surface area (Å²) in [6, 6.07) is 2.46. The number of hydrogen-bond acceptors (Lipinski definition) is 4. The molecule has 0 bridgehead atoms. The van der Waals surface area contributed by atoms with Crippen molar-refractivity contribution >= 4 is 5.96 Å². The SMILES string of the molecule is CCNC(=NCc1cc(C(C)C)no1)NCC(CC(C)C)N(C)C. The molecule has 1 unspecified atom stereocenters. The number of likely N-dealkylation sites (N-methyl/N-ethyl adjacent to an activating group) is 1. The monoisotopic (exact) mass is 337 g/mol. The number of nitrogens with one attached hydrogen (secondary N) is 2. The molecule has 6 heteroatoms. The van der Waals surface area contributed by atoms with Crippen molar-refractivity contribution in [1.82, 2.24) is 20.7 Å². The standard InChI is InChI=1S/C18H35N5O/c1-8-19-18(20-11-15(23(6)7)9-13(2)3)21-12-16-10-17(14(4)5)22-24-16/h10,13-15H,8-9,11-12H2,1-7H3,(H2,19,20,21). The number of guanidine groups is 1. The minimum atomic E-state index is 0.370. The largest absolute Gasteiger partial charge is 0.359 e. The third-order valence-electron chi connectivity index (χ3n) is 3.88. The van der Waals surface area contributed by atoms with Gasteiger partial charge in [-0.2, -0.15) is 0 Å². The van der Waals surface area contributed by atoms with Gasteiger partial charge in [-0.05, 0) is 39.3 Å². The number of hydrogen-bond donors (Lipinski definition) is 2. The Balaban J connectivity index is 2.63. The predicted molar refractivity (Wildman–Crippen MR) is 100 cm³/mol. The fourth-order valence-electron chi connectivity index (χ4n) is 2.41. The lowest BCUT2D eigenvalue weighted by Crippen LogP contribution is -2.45. The second-order valence-electron chi connectivity index (χ2n) is 7.20. The number of aliphatic imine (C=N–C) groups is 1. The zero-order chi connectivity index (χ0) is 18.1. The molecule has 1 rings (SSSR count). The van der Waals surface area contributed by atoms with Crippen LogP contribution in [-0.2, 0) is 6.54 Å². The first kappa shape index (κ1) is 20.5. The van der Waals surface area contributed by atoms with Crippen molar-refractivity contribution in [2.45, 2.75) is 59.5 Å². The molecule has 6 nitrogen and oxygen atoms in total. The summed E-state index contributed by atoms with van der Waals surface area (Å²) in [4.78, 5) is 6.87. The first-order valence-corrected chi connectivity index (χ1v) is 8.97. The Morgan fingerprint density at radius 1 is 1.25 bits per heavy atom. The van der Waals surface area contributed by atoms with Gasteiger partial charge in [0.25, 0.3) is 0 Å². The van der Waals surface area contributed by atoms with E-state index in [1.54, 1.807) is 0 Å². The zero-order valence-corrected chi connectivity index (χ0v) is 16.4. The van der Waals surface area contributed by atoms with Crippen LogP contribution >= 0.6 is 0 Å². The van der Waals surface area contributed by atoms with Crippen LogP contribution in [0, 0.1) is 5.92 Å². The van der Waals surface area contributed by atoms with Crippen LogP contribution in [0.3, 0.4) is 0 Å². The van der Waals surface area contributed by atoms with Gasteiger partial charge in [0.2, 0.25) is 0 Å². The van der Waals surface area contributed by atoms with Gasteiger partial charge in [-0.15, -0.1) is 0 Å². The normalized spacial score (nSPS) is 13.8. The van der Waals surface area contributed by atoms with Crippen molar-refractivity contribution in [1.29, 1.82) is 0 Å². The van der Waals surface area contributed by atoms with E-state index in [1.165, 1.54) is 0 Å². The number of rotatable bonds is 9. The molecule has 0 aliphatic rings. The van der Waals surface area contributed by atoms with Gasteiger partial charge < -0.3 is 20.1 Å². The van der Waals surface area contributed by atoms with Gasteiger partial charge in [0.1, 0.15) is 6.54 Å². The molecule has 24 heavy (non-hydrogen) atoms. The van der Waals surface area contributed by atoms with Crippen molar-refractivity contribution in [3.63, 3.8) is 0 Å². The van der Waals surface area contributed by atoms with Crippen LogP contribution in [0.15, 0.2) is 15.6 Å². The molecule has 0 aliphatic heterocycles. The van der Waals surface area contributed by atoms with Gasteiger partial charge in [-0.25, -0.2) is 4.99 Å². The summed E-state index contributed by atoms with van der Waals surface area (Å²) >= 11 is 0. The van der Waals surface area contributed by atoms with Crippen LogP contribution in [0.5, 0.6) is 0 Å². The highest BCUT2D eigenvalue weighted by atomic mass is 16.5. The topological polar surface area (TPSA) is 65.7 Å². The summed E-state index contributed by atoms with van der Waals surface area (Å²) in [5.41, 5.74) is 0.975. The smallest absolute Gasteiger partial charge is 0.191 e. The fourth-order valence-corrected chi connectivity index (χ4v) is 2.41. The molecule has 1 atom stereocenters. The van der Waals surface area contributed by atoms with E-state index in [4.69, 9.17) is 4.52 Å². The second-order valence-corrected chi connectivity index (χ2v) is 7.20. The molecule has 0 fully saturated rings. The van der Waals surface area contributed by atoms with Crippen LogP contribution in [0.25, 0.3) is 0 Å². The Kier molecular flexibility index (Phi) is 8.82. The van der Waals surface area contributed by atoms with Crippen molar-refractivity contribution < 1.29 is 4.52 Å². The maximum atomic E-state index is 5.35. The first-order valence-electron chi connectivity index (χ1n) is 8.97. The van der Waals surface area contributed by atoms with Crippen molar-refractivity contribution in [2.24, 2.45) is 10.9 Å². The Bertz CT molecular complexity index is 493. The lowest BCUT2D eigenvalue weighted by atomic mass is 10.0. The molecule has 0 aliphatic carbocycles. The van der Waals surface area contributed by atoms with Crippen LogP contribution in [0.4, 0.5) is 0 Å². The number of nitrogens with zero attached hydrogens (tertiary/aromatic N) is 3. The van der Waals surface area contributed by atoms with Crippen molar-refractivity contribution in [2.75, 3.05) is 27.2 Å². The molecular formula is C18H35N5O. The van der Waals surface area contributed by atoms with E-state index < -0.39 is 0 Å². The molecule has 1 heterocycles. The molecule has 0 saturated heterocycles. The average molecular weight is 338 g/mol. The molecule has 2 N–H and O–H groups in total. The summed E-state index contributed by atoms with van der Waals surface area (Å²) < 4.78 is 5.35. The Labute approximate surface area is 147 Å². The Morgan fingerprint density at radius 3 is 2.46 bits per heavy atom. The summed E-state index contributed by atoms with van der Waals surface area (Å²) in [6.45, 7) is 13.0. The molecule has 0 radical (unpaired) electrons. The minimum absolute atomic E-state index is 0.370. The molecule has 0 spiro atoms. The quantitative estimate of drug-likeness (QED) is 0.536. The summed E-state index contributed by atoms with van der Waals surface area (Å²) in [7, 11) is 4.25. The van der Waals surface area contributed by atoms with E-state index in [0.29, 0.717) is 24.4 Å². The molecule has 0 aromatic carbocycles. The summed E-state index contributed by atoms with van der Waals surface area (Å²) in [6.07, 6.45) is 1.15. The van der Waals surface area contributed by atoms with E-state index in [-0.39, 0.29) is 0 Å². The van der Waals surface area contributed by atoms with Gasteiger partial charge in [0.05, 0.1) is 5.69 Å². The average Bonchev–Trinajstić information content (AvgIpc) is 2.97. The third kappa shape index (κ3) is 7.34. The number of aromatic nitrogens is 1. The van der Waals surface area contributed by atoms with Crippen molar-refractivity contribution in [3.05, 3.63) is 17.5 Å².